The van der Waals surface area contributed by atoms with Crippen molar-refractivity contribution in [1.29, 1.82) is 0 Å². The van der Waals surface area contributed by atoms with Crippen LogP contribution < -0.4 is 5.32 Å². The molecule has 7 heteroatoms. The number of amides is 1. The van der Waals surface area contributed by atoms with Crippen molar-refractivity contribution in [2.45, 2.75) is 52.4 Å². The van der Waals surface area contributed by atoms with Crippen molar-refractivity contribution in [2.24, 2.45) is 5.92 Å². The van der Waals surface area contributed by atoms with Crippen LogP contribution in [0.15, 0.2) is 23.4 Å². The molecule has 26 heavy (non-hydrogen) atoms. The number of hydrogen-bond donors (Lipinski definition) is 1. The first-order chi connectivity index (χ1) is 12.4. The maximum absolute atomic E-state index is 12.1. The summed E-state index contributed by atoms with van der Waals surface area (Å²) in [6.45, 7) is 11.1. The van der Waals surface area contributed by atoms with Gasteiger partial charge in [0.2, 0.25) is 5.91 Å². The second kappa shape index (κ2) is 9.07. The predicted molar refractivity (Wildman–Crippen MR) is 105 cm³/mol. The van der Waals surface area contributed by atoms with E-state index in [0.29, 0.717) is 23.8 Å². The molecule has 1 aromatic heterocycles. The van der Waals surface area contributed by atoms with Crippen LogP contribution in [0, 0.1) is 5.92 Å². The van der Waals surface area contributed by atoms with Gasteiger partial charge < -0.3 is 14.6 Å². The van der Waals surface area contributed by atoms with Gasteiger partial charge in [-0.05, 0) is 44.9 Å². The van der Waals surface area contributed by atoms with Crippen LogP contribution in [0.25, 0.3) is 11.0 Å². The summed E-state index contributed by atoms with van der Waals surface area (Å²) < 4.78 is 7.09. The van der Waals surface area contributed by atoms with Crippen molar-refractivity contribution < 1.29 is 14.3 Å². The largest absolute Gasteiger partial charge is 0.462 e. The summed E-state index contributed by atoms with van der Waals surface area (Å²) in [6, 6.07) is 5.51. The Labute approximate surface area is 158 Å². The van der Waals surface area contributed by atoms with E-state index in [2.05, 4.69) is 24.1 Å². The zero-order valence-corrected chi connectivity index (χ0v) is 16.9. The fourth-order valence-electron chi connectivity index (χ4n) is 2.46. The monoisotopic (exact) mass is 377 g/mol. The molecule has 6 nitrogen and oxygen atoms in total. The number of hydrogen-bond acceptors (Lipinski definition) is 5. The Hall–Kier alpha value is -2.02. The van der Waals surface area contributed by atoms with Crippen LogP contribution in [0.1, 0.15) is 45.0 Å². The van der Waals surface area contributed by atoms with E-state index in [1.165, 1.54) is 11.8 Å². The molecule has 1 aromatic carbocycles. The third-order valence-corrected chi connectivity index (χ3v) is 5.24. The third kappa shape index (κ3) is 4.78. The quantitative estimate of drug-likeness (QED) is 0.563. The van der Waals surface area contributed by atoms with Crippen LogP contribution in [-0.4, -0.2) is 39.8 Å². The lowest BCUT2D eigenvalue weighted by Crippen LogP contribution is -2.37. The Morgan fingerprint density at radius 1 is 1.27 bits per heavy atom. The Kier molecular flexibility index (Phi) is 7.08. The number of imidazole rings is 1. The van der Waals surface area contributed by atoms with Gasteiger partial charge in [-0.15, -0.1) is 0 Å². The maximum Gasteiger partial charge on any atom is 0.338 e. The summed E-state index contributed by atoms with van der Waals surface area (Å²) in [5, 5.41) is 3.77. The van der Waals surface area contributed by atoms with Crippen LogP contribution in [0.3, 0.4) is 0 Å². The van der Waals surface area contributed by atoms with Gasteiger partial charge in [0.1, 0.15) is 0 Å². The molecule has 1 amide bonds. The highest BCUT2D eigenvalue weighted by Gasteiger charge is 2.16. The molecular formula is C19H27N3O3S. The molecule has 2 rings (SSSR count). The van der Waals surface area contributed by atoms with E-state index in [4.69, 9.17) is 4.74 Å². The maximum atomic E-state index is 12.1. The highest BCUT2D eigenvalue weighted by molar-refractivity contribution is 7.99. The molecule has 1 heterocycles. The van der Waals surface area contributed by atoms with Gasteiger partial charge in [-0.25, -0.2) is 9.78 Å². The van der Waals surface area contributed by atoms with Crippen molar-refractivity contribution in [2.75, 3.05) is 12.4 Å². The van der Waals surface area contributed by atoms with Gasteiger partial charge in [0, 0.05) is 12.6 Å². The Balaban J connectivity index is 2.16. The van der Waals surface area contributed by atoms with E-state index in [9.17, 15) is 9.59 Å². The fourth-order valence-corrected chi connectivity index (χ4v) is 3.35. The average molecular weight is 378 g/mol. The summed E-state index contributed by atoms with van der Waals surface area (Å²) in [7, 11) is 0. The zero-order chi connectivity index (χ0) is 19.3. The number of rotatable bonds is 8. The predicted octanol–water partition coefficient (Wildman–Crippen LogP) is 3.49. The minimum atomic E-state index is -0.350. The van der Waals surface area contributed by atoms with Crippen molar-refractivity contribution in [3.63, 3.8) is 0 Å². The molecule has 1 N–H and O–H groups in total. The molecule has 0 aliphatic heterocycles. The minimum absolute atomic E-state index is 0.00174. The number of ether oxygens (including phenoxy) is 1. The van der Waals surface area contributed by atoms with E-state index in [0.717, 1.165) is 22.7 Å². The first kappa shape index (κ1) is 20.3. The van der Waals surface area contributed by atoms with E-state index in [-0.39, 0.29) is 17.9 Å². The van der Waals surface area contributed by atoms with Gasteiger partial charge >= 0.3 is 5.97 Å². The summed E-state index contributed by atoms with van der Waals surface area (Å²) >= 11 is 1.41. The number of carbonyl (C=O) groups excluding carboxylic acids is 2. The minimum Gasteiger partial charge on any atom is -0.462 e. The van der Waals surface area contributed by atoms with Gasteiger partial charge in [-0.2, -0.15) is 0 Å². The number of nitrogens with one attached hydrogen (secondary N) is 1. The summed E-state index contributed by atoms with van der Waals surface area (Å²) in [5.41, 5.74) is 2.16. The number of aryl methyl sites for hydroxylation is 1. The molecule has 0 saturated heterocycles. The number of carbonyl (C=O) groups is 2. The van der Waals surface area contributed by atoms with Gasteiger partial charge in [-0.3, -0.25) is 4.79 Å². The van der Waals surface area contributed by atoms with Crippen LogP contribution in [0.4, 0.5) is 0 Å². The average Bonchev–Trinajstić information content (AvgIpc) is 2.96. The van der Waals surface area contributed by atoms with Gasteiger partial charge in [-0.1, -0.05) is 25.6 Å². The molecule has 1 atom stereocenters. The Bertz CT molecular complexity index is 786. The summed E-state index contributed by atoms with van der Waals surface area (Å²) in [5.74, 6) is 0.353. The van der Waals surface area contributed by atoms with Crippen molar-refractivity contribution >= 4 is 34.7 Å². The number of fused-ring (bicyclic) bond motifs is 1. The van der Waals surface area contributed by atoms with E-state index < -0.39 is 0 Å². The SMILES string of the molecule is CCOC(=O)c1ccc2c(c1)nc(SCC(=O)NC(C)C(C)C)n2CC. The zero-order valence-electron chi connectivity index (χ0n) is 16.0. The number of benzene rings is 1. The first-order valence-corrected chi connectivity index (χ1v) is 9.95. The smallest absolute Gasteiger partial charge is 0.338 e. The molecule has 1 unspecified atom stereocenters. The van der Waals surface area contributed by atoms with E-state index in [1.54, 1.807) is 19.1 Å². The molecular weight excluding hydrogens is 350 g/mol. The van der Waals surface area contributed by atoms with Crippen LogP contribution in [0.2, 0.25) is 0 Å². The van der Waals surface area contributed by atoms with Crippen LogP contribution in [-0.2, 0) is 16.1 Å². The molecule has 142 valence electrons. The summed E-state index contributed by atoms with van der Waals surface area (Å²) in [4.78, 5) is 28.6. The van der Waals surface area contributed by atoms with Crippen LogP contribution in [0.5, 0.6) is 0 Å². The molecule has 0 spiro atoms. The van der Waals surface area contributed by atoms with Gasteiger partial charge in [0.05, 0.1) is 29.0 Å². The lowest BCUT2D eigenvalue weighted by atomic mass is 10.1. The fraction of sp³-hybridized carbons (Fsp3) is 0.526. The lowest BCUT2D eigenvalue weighted by molar-refractivity contribution is -0.119. The van der Waals surface area contributed by atoms with E-state index in [1.807, 2.05) is 24.5 Å². The third-order valence-electron chi connectivity index (χ3n) is 4.26. The van der Waals surface area contributed by atoms with Crippen molar-refractivity contribution in [3.8, 4) is 0 Å². The summed E-state index contributed by atoms with van der Waals surface area (Å²) in [6.07, 6.45) is 0. The standard InChI is InChI=1S/C19H27N3O3S/c1-6-22-16-9-8-14(18(24)25-7-2)10-15(16)21-19(22)26-11-17(23)20-13(5)12(3)4/h8-10,12-13H,6-7,11H2,1-5H3,(H,20,23). The highest BCUT2D eigenvalue weighted by Crippen LogP contribution is 2.25. The van der Waals surface area contributed by atoms with Crippen molar-refractivity contribution in [3.05, 3.63) is 23.8 Å². The second-order valence-electron chi connectivity index (χ2n) is 6.45. The van der Waals surface area contributed by atoms with Gasteiger partial charge in [0.15, 0.2) is 5.16 Å². The Morgan fingerprint density at radius 2 is 2.00 bits per heavy atom. The molecule has 2 aromatic rings. The molecule has 0 bridgehead atoms. The molecule has 0 saturated carbocycles. The number of thioether (sulfide) groups is 1. The molecule has 0 radical (unpaired) electrons. The number of esters is 1. The molecule has 0 aliphatic rings. The molecule has 0 fully saturated rings. The van der Waals surface area contributed by atoms with Gasteiger partial charge in [0.25, 0.3) is 0 Å². The second-order valence-corrected chi connectivity index (χ2v) is 7.39. The first-order valence-electron chi connectivity index (χ1n) is 8.96. The topological polar surface area (TPSA) is 73.2 Å². The number of nitrogens with zero attached hydrogens (tertiary/aromatic N) is 2. The van der Waals surface area contributed by atoms with Crippen LogP contribution >= 0.6 is 11.8 Å². The normalized spacial score (nSPS) is 12.4. The van der Waals surface area contributed by atoms with Crippen molar-refractivity contribution in [1.82, 2.24) is 14.9 Å². The molecule has 0 aliphatic carbocycles. The lowest BCUT2D eigenvalue weighted by Gasteiger charge is -2.17. The number of aromatic nitrogens is 2. The van der Waals surface area contributed by atoms with E-state index >= 15 is 0 Å². The highest BCUT2D eigenvalue weighted by atomic mass is 32.2. The Morgan fingerprint density at radius 3 is 2.62 bits per heavy atom.